The number of nitrogens with two attached hydrogens (primary N) is 1. The van der Waals surface area contributed by atoms with E-state index in [2.05, 4.69) is 31.8 Å². The van der Waals surface area contributed by atoms with Crippen LogP contribution in [0.2, 0.25) is 0 Å². The Morgan fingerprint density at radius 3 is 2.82 bits per heavy atom. The van der Waals surface area contributed by atoms with Gasteiger partial charge in [0.1, 0.15) is 17.7 Å². The molecular formula is C17H12F4N6O. The average molecular weight is 392 g/mol. The Kier molecular flexibility index (Phi) is 5.12. The van der Waals surface area contributed by atoms with Crippen molar-refractivity contribution in [3.05, 3.63) is 47.8 Å². The van der Waals surface area contributed by atoms with Crippen LogP contribution < -0.4 is 11.1 Å². The van der Waals surface area contributed by atoms with Crippen LogP contribution in [0.1, 0.15) is 22.6 Å². The predicted octanol–water partition coefficient (Wildman–Crippen LogP) is 2.18. The van der Waals surface area contributed by atoms with Crippen LogP contribution in [0.5, 0.6) is 0 Å². The van der Waals surface area contributed by atoms with Crippen LogP contribution in [0.3, 0.4) is 0 Å². The van der Waals surface area contributed by atoms with Crippen LogP contribution in [0, 0.1) is 17.7 Å². The third-order valence-corrected chi connectivity index (χ3v) is 3.58. The molecule has 3 aromatic heterocycles. The molecule has 0 unspecified atom stereocenters. The molecule has 1 amide bonds. The lowest BCUT2D eigenvalue weighted by atomic mass is 10.2. The quantitative estimate of drug-likeness (QED) is 0.468. The van der Waals surface area contributed by atoms with E-state index in [1.54, 1.807) is 12.1 Å². The lowest BCUT2D eigenvalue weighted by molar-refractivity contribution is -0.152. The third-order valence-electron chi connectivity index (χ3n) is 3.58. The summed E-state index contributed by atoms with van der Waals surface area (Å²) in [4.78, 5) is 26.1. The molecule has 3 aromatic rings. The SMILES string of the molecule is Nc1cc(F)c(C#CC[C@@H](NC(=O)c2nc3ncccc3[nH]2)C(F)(F)F)cn1. The van der Waals surface area contributed by atoms with E-state index in [0.717, 1.165) is 12.3 Å². The third kappa shape index (κ3) is 4.35. The summed E-state index contributed by atoms with van der Waals surface area (Å²) in [7, 11) is 0. The number of carbonyl (C=O) groups is 1. The van der Waals surface area contributed by atoms with E-state index in [9.17, 15) is 22.4 Å². The van der Waals surface area contributed by atoms with Crippen molar-refractivity contribution in [3.63, 3.8) is 0 Å². The maximum absolute atomic E-state index is 13.6. The minimum atomic E-state index is -4.77. The molecule has 11 heteroatoms. The van der Waals surface area contributed by atoms with Gasteiger partial charge in [0.25, 0.3) is 5.91 Å². The zero-order valence-electron chi connectivity index (χ0n) is 14.0. The Bertz CT molecular complexity index is 1050. The number of aromatic nitrogens is 4. The maximum Gasteiger partial charge on any atom is 0.409 e. The highest BCUT2D eigenvalue weighted by Crippen LogP contribution is 2.23. The number of rotatable bonds is 3. The number of aromatic amines is 1. The number of H-pyrrole nitrogens is 1. The summed E-state index contributed by atoms with van der Waals surface area (Å²) in [6, 6.07) is 1.79. The van der Waals surface area contributed by atoms with Crippen LogP contribution in [-0.4, -0.2) is 38.1 Å². The Morgan fingerprint density at radius 2 is 2.14 bits per heavy atom. The Balaban J connectivity index is 1.75. The van der Waals surface area contributed by atoms with Gasteiger partial charge in [0.05, 0.1) is 11.1 Å². The Morgan fingerprint density at radius 1 is 1.36 bits per heavy atom. The van der Waals surface area contributed by atoms with E-state index in [1.807, 2.05) is 5.32 Å². The molecule has 0 aliphatic heterocycles. The number of nitrogens with one attached hydrogen (secondary N) is 2. The van der Waals surface area contributed by atoms with Crippen LogP contribution in [0.25, 0.3) is 11.2 Å². The van der Waals surface area contributed by atoms with Crippen LogP contribution in [0.4, 0.5) is 23.4 Å². The van der Waals surface area contributed by atoms with Crippen molar-refractivity contribution in [3.8, 4) is 11.8 Å². The first-order chi connectivity index (χ1) is 13.2. The first-order valence-corrected chi connectivity index (χ1v) is 7.82. The summed E-state index contributed by atoms with van der Waals surface area (Å²) in [5.74, 6) is 2.19. The molecule has 7 nitrogen and oxygen atoms in total. The molecule has 0 saturated carbocycles. The minimum Gasteiger partial charge on any atom is -0.384 e. The first-order valence-electron chi connectivity index (χ1n) is 7.82. The monoisotopic (exact) mass is 392 g/mol. The molecule has 0 radical (unpaired) electrons. The molecule has 0 bridgehead atoms. The molecule has 0 aliphatic carbocycles. The van der Waals surface area contributed by atoms with Gasteiger partial charge in [-0.2, -0.15) is 13.2 Å². The fourth-order valence-corrected chi connectivity index (χ4v) is 2.21. The second-order valence-corrected chi connectivity index (χ2v) is 5.62. The number of nitrogen functional groups attached to an aromatic ring is 1. The van der Waals surface area contributed by atoms with Crippen LogP contribution in [0.15, 0.2) is 30.6 Å². The zero-order chi connectivity index (χ0) is 20.3. The molecule has 4 N–H and O–H groups in total. The standard InChI is InChI=1S/C17H12F4N6O/c18-10-7-13(22)24-8-9(10)3-1-5-12(17(19,20)21)26-16(28)15-25-11-4-2-6-23-14(11)27-15/h2,4,6-8,12H,5H2,(H2,22,24)(H,26,28)(H,23,25,27)/t12-/m1/s1. The van der Waals surface area contributed by atoms with Crippen LogP contribution in [-0.2, 0) is 0 Å². The molecule has 0 aliphatic rings. The molecule has 3 rings (SSSR count). The molecule has 28 heavy (non-hydrogen) atoms. The van der Waals surface area contributed by atoms with Gasteiger partial charge >= 0.3 is 6.18 Å². The van der Waals surface area contributed by atoms with Crippen molar-refractivity contribution in [2.45, 2.75) is 18.6 Å². The summed E-state index contributed by atoms with van der Waals surface area (Å²) in [6.07, 6.45) is -3.12. The molecule has 0 saturated heterocycles. The predicted molar refractivity (Wildman–Crippen MR) is 91.3 cm³/mol. The molecule has 144 valence electrons. The van der Waals surface area contributed by atoms with Crippen molar-refractivity contribution < 1.29 is 22.4 Å². The highest BCUT2D eigenvalue weighted by atomic mass is 19.4. The Labute approximate surface area is 155 Å². The van der Waals surface area contributed by atoms with Crippen molar-refractivity contribution in [1.29, 1.82) is 0 Å². The first kappa shape index (κ1) is 19.1. The highest BCUT2D eigenvalue weighted by Gasteiger charge is 2.40. The van der Waals surface area contributed by atoms with Gasteiger partial charge in [-0.3, -0.25) is 4.79 Å². The molecule has 0 aromatic carbocycles. The summed E-state index contributed by atoms with van der Waals surface area (Å²) in [5, 5.41) is 1.83. The fraction of sp³-hybridized carbons (Fsp3) is 0.176. The summed E-state index contributed by atoms with van der Waals surface area (Å²) in [6.45, 7) is 0. The number of hydrogen-bond donors (Lipinski definition) is 3. The van der Waals surface area contributed by atoms with E-state index in [-0.39, 0.29) is 22.9 Å². The van der Waals surface area contributed by atoms with Gasteiger partial charge in [0.15, 0.2) is 11.5 Å². The van der Waals surface area contributed by atoms with Crippen LogP contribution >= 0.6 is 0 Å². The summed E-state index contributed by atoms with van der Waals surface area (Å²) < 4.78 is 53.3. The van der Waals surface area contributed by atoms with Crippen molar-refractivity contribution >= 4 is 22.9 Å². The van der Waals surface area contributed by atoms with Gasteiger partial charge in [-0.1, -0.05) is 11.8 Å². The number of pyridine rings is 2. The number of carbonyl (C=O) groups excluding carboxylic acids is 1. The number of imidazole rings is 1. The van der Waals surface area contributed by atoms with Crippen molar-refractivity contribution in [2.75, 3.05) is 5.73 Å². The van der Waals surface area contributed by atoms with E-state index in [1.165, 1.54) is 6.20 Å². The molecule has 3 heterocycles. The zero-order valence-corrected chi connectivity index (χ0v) is 14.0. The lowest BCUT2D eigenvalue weighted by Gasteiger charge is -2.18. The summed E-state index contributed by atoms with van der Waals surface area (Å²) in [5.41, 5.74) is 5.69. The highest BCUT2D eigenvalue weighted by molar-refractivity contribution is 5.93. The van der Waals surface area contributed by atoms with Crippen molar-refractivity contribution in [1.82, 2.24) is 25.3 Å². The van der Waals surface area contributed by atoms with Crippen molar-refractivity contribution in [2.24, 2.45) is 0 Å². The van der Waals surface area contributed by atoms with E-state index >= 15 is 0 Å². The molecule has 0 spiro atoms. The summed E-state index contributed by atoms with van der Waals surface area (Å²) >= 11 is 0. The lowest BCUT2D eigenvalue weighted by Crippen LogP contribution is -2.45. The molecule has 1 atom stereocenters. The molecular weight excluding hydrogens is 380 g/mol. The number of hydrogen-bond acceptors (Lipinski definition) is 5. The van der Waals surface area contributed by atoms with Gasteiger partial charge in [-0.05, 0) is 12.1 Å². The number of fused-ring (bicyclic) bond motifs is 1. The maximum atomic E-state index is 13.6. The van der Waals surface area contributed by atoms with E-state index < -0.39 is 30.4 Å². The number of anilines is 1. The second-order valence-electron chi connectivity index (χ2n) is 5.62. The smallest absolute Gasteiger partial charge is 0.384 e. The molecule has 0 fully saturated rings. The number of alkyl halides is 3. The number of halogens is 4. The van der Waals surface area contributed by atoms with Gasteiger partial charge in [-0.25, -0.2) is 19.3 Å². The van der Waals surface area contributed by atoms with Gasteiger partial charge in [0, 0.05) is 24.9 Å². The van der Waals surface area contributed by atoms with E-state index in [0.29, 0.717) is 5.52 Å². The van der Waals surface area contributed by atoms with Gasteiger partial charge < -0.3 is 16.0 Å². The topological polar surface area (TPSA) is 110 Å². The average Bonchev–Trinajstić information content (AvgIpc) is 3.06. The number of nitrogens with zero attached hydrogens (tertiary/aromatic N) is 3. The van der Waals surface area contributed by atoms with Gasteiger partial charge in [0.2, 0.25) is 0 Å². The van der Waals surface area contributed by atoms with Gasteiger partial charge in [-0.15, -0.1) is 0 Å². The number of amides is 1. The van der Waals surface area contributed by atoms with E-state index in [4.69, 9.17) is 5.73 Å². The normalized spacial score (nSPS) is 12.3. The second kappa shape index (κ2) is 7.51. The Hall–Kier alpha value is -3.68. The minimum absolute atomic E-state index is 0.0798. The fourth-order valence-electron chi connectivity index (χ4n) is 2.21. The largest absolute Gasteiger partial charge is 0.409 e.